The molecule has 4 heteroatoms. The molecule has 0 atom stereocenters. The summed E-state index contributed by atoms with van der Waals surface area (Å²) in [5.41, 5.74) is 11.5. The Morgan fingerprint density at radius 3 is 2.00 bits per heavy atom. The molecule has 1 aliphatic carbocycles. The summed E-state index contributed by atoms with van der Waals surface area (Å²) < 4.78 is 13.9. The molecule has 47 heavy (non-hydrogen) atoms. The van der Waals surface area contributed by atoms with Crippen LogP contribution in [-0.4, -0.2) is 6.71 Å². The minimum atomic E-state index is -0.288. The molecule has 0 amide bonds. The number of benzene rings is 7. The first-order chi connectivity index (χ1) is 23.1. The fourth-order valence-electron chi connectivity index (χ4n) is 8.14. The zero-order valence-corrected chi connectivity index (χ0v) is 26.2. The second kappa shape index (κ2) is 9.64. The average Bonchev–Trinajstić information content (AvgIpc) is 3.34. The van der Waals surface area contributed by atoms with Crippen molar-refractivity contribution in [2.24, 2.45) is 0 Å². The second-order valence-corrected chi connectivity index (χ2v) is 13.3. The number of nitrogens with zero attached hydrogens (tertiary/aromatic N) is 1. The van der Waals surface area contributed by atoms with Crippen molar-refractivity contribution in [3.05, 3.63) is 157 Å². The molecule has 222 valence electrons. The minimum Gasteiger partial charge on any atom is -0.458 e. The number of ether oxygens (including phenoxy) is 2. The number of rotatable bonds is 3. The topological polar surface area (TPSA) is 21.7 Å². The van der Waals surface area contributed by atoms with Gasteiger partial charge in [0.05, 0.1) is 0 Å². The average molecular weight is 604 g/mol. The van der Waals surface area contributed by atoms with Crippen LogP contribution < -0.4 is 30.8 Å². The van der Waals surface area contributed by atoms with Crippen LogP contribution in [0.5, 0.6) is 23.0 Å². The van der Waals surface area contributed by atoms with Crippen molar-refractivity contribution < 1.29 is 9.47 Å². The summed E-state index contributed by atoms with van der Waals surface area (Å²) in [6.07, 6.45) is 0. The predicted molar refractivity (Wildman–Crippen MR) is 194 cm³/mol. The van der Waals surface area contributed by atoms with Crippen LogP contribution in [0.4, 0.5) is 17.1 Å². The van der Waals surface area contributed by atoms with Crippen molar-refractivity contribution in [2.75, 3.05) is 4.90 Å². The van der Waals surface area contributed by atoms with Gasteiger partial charge in [0.1, 0.15) is 23.0 Å². The van der Waals surface area contributed by atoms with E-state index >= 15 is 0 Å². The normalized spacial score (nSPS) is 14.2. The quantitative estimate of drug-likeness (QED) is 0.188. The first-order valence-electron chi connectivity index (χ1n) is 16.3. The third-order valence-corrected chi connectivity index (χ3v) is 10.4. The van der Waals surface area contributed by atoms with E-state index in [9.17, 15) is 0 Å². The lowest BCUT2D eigenvalue weighted by molar-refractivity contribution is 0.466. The molecule has 0 spiro atoms. The monoisotopic (exact) mass is 603 g/mol. The highest BCUT2D eigenvalue weighted by Crippen LogP contribution is 2.56. The van der Waals surface area contributed by atoms with Gasteiger partial charge in [0, 0.05) is 38.9 Å². The number of fused-ring (bicyclic) bond motifs is 10. The van der Waals surface area contributed by atoms with Gasteiger partial charge in [0.15, 0.2) is 0 Å². The lowest BCUT2D eigenvalue weighted by Gasteiger charge is -2.35. The van der Waals surface area contributed by atoms with Gasteiger partial charge in [0.2, 0.25) is 0 Å². The van der Waals surface area contributed by atoms with Gasteiger partial charge in [-0.05, 0) is 81.5 Å². The summed E-state index contributed by atoms with van der Waals surface area (Å²) in [5.74, 6) is 3.66. The van der Waals surface area contributed by atoms with E-state index in [0.29, 0.717) is 0 Å². The molecule has 0 radical (unpaired) electrons. The van der Waals surface area contributed by atoms with E-state index in [1.165, 1.54) is 38.6 Å². The highest BCUT2D eigenvalue weighted by molar-refractivity contribution is 6.98. The third kappa shape index (κ3) is 3.70. The van der Waals surface area contributed by atoms with E-state index in [2.05, 4.69) is 164 Å². The van der Waals surface area contributed by atoms with Crippen molar-refractivity contribution in [2.45, 2.75) is 19.3 Å². The highest BCUT2D eigenvalue weighted by atomic mass is 16.5. The zero-order valence-electron chi connectivity index (χ0n) is 26.2. The van der Waals surface area contributed by atoms with Crippen LogP contribution in [0.25, 0.3) is 21.9 Å². The van der Waals surface area contributed by atoms with Crippen LogP contribution in [0.3, 0.4) is 0 Å². The molecule has 3 aliphatic rings. The molecular weight excluding hydrogens is 573 g/mol. The molecule has 0 aromatic heterocycles. The minimum absolute atomic E-state index is 0.0155. The molecule has 2 aliphatic heterocycles. The van der Waals surface area contributed by atoms with Gasteiger partial charge in [-0.2, -0.15) is 0 Å². The number of hydrogen-bond donors (Lipinski definition) is 0. The number of anilines is 3. The maximum atomic E-state index is 6.96. The van der Waals surface area contributed by atoms with Gasteiger partial charge in [-0.15, -0.1) is 0 Å². The summed E-state index contributed by atoms with van der Waals surface area (Å²) >= 11 is 0. The van der Waals surface area contributed by atoms with Crippen molar-refractivity contribution in [3.63, 3.8) is 0 Å². The molecule has 0 saturated heterocycles. The first kappa shape index (κ1) is 26.5. The van der Waals surface area contributed by atoms with Gasteiger partial charge in [0.25, 0.3) is 6.71 Å². The molecule has 7 aromatic rings. The van der Waals surface area contributed by atoms with Crippen LogP contribution in [-0.2, 0) is 5.41 Å². The van der Waals surface area contributed by atoms with Gasteiger partial charge >= 0.3 is 0 Å². The predicted octanol–water partition coefficient (Wildman–Crippen LogP) is 9.34. The second-order valence-electron chi connectivity index (χ2n) is 13.3. The Morgan fingerprint density at radius 2 is 1.21 bits per heavy atom. The molecule has 10 rings (SSSR count). The Kier molecular flexibility index (Phi) is 5.43. The summed E-state index contributed by atoms with van der Waals surface area (Å²) in [5, 5.41) is 2.31. The maximum Gasteiger partial charge on any atom is 0.260 e. The Labute approximate surface area is 274 Å². The zero-order chi connectivity index (χ0) is 31.3. The summed E-state index contributed by atoms with van der Waals surface area (Å²) in [4.78, 5) is 2.34. The van der Waals surface area contributed by atoms with Crippen LogP contribution in [0, 0.1) is 0 Å². The van der Waals surface area contributed by atoms with Gasteiger partial charge < -0.3 is 14.4 Å². The Balaban J connectivity index is 1.20. The van der Waals surface area contributed by atoms with E-state index in [1.807, 2.05) is 0 Å². The first-order valence-corrected chi connectivity index (χ1v) is 16.3. The molecule has 0 fully saturated rings. The molecule has 0 unspecified atom stereocenters. The molecule has 0 N–H and O–H groups in total. The lowest BCUT2D eigenvalue weighted by atomic mass is 9.34. The van der Waals surface area contributed by atoms with E-state index in [1.54, 1.807) is 0 Å². The SMILES string of the molecule is CC1(C)c2cc(N(c3ccccc3)c3ccccc3)ccc2-c2c1cc1c3c2Oc2ccccc2B3c2ccc3ccccc3c2O1. The fraction of sp³-hybridized carbons (Fsp3) is 0.0698. The number of hydrogen-bond acceptors (Lipinski definition) is 3. The Hall–Kier alpha value is -5.74. The summed E-state index contributed by atoms with van der Waals surface area (Å²) in [7, 11) is 0. The van der Waals surface area contributed by atoms with Crippen LogP contribution >= 0.6 is 0 Å². The Bertz CT molecular complexity index is 2360. The van der Waals surface area contributed by atoms with Crippen LogP contribution in [0.15, 0.2) is 146 Å². The standard InChI is InChI=1S/C43H30BNO2/c1-43(2)33-25-30(45(28-14-5-3-6-15-28)29-16-7-4-8-17-29)22-23-32(33)39-34(43)26-38-40-42(39)46-37-20-12-11-19-35(37)44(40)36-24-21-27-13-9-10-18-31(27)41(36)47-38/h3-26H,1-2H3. The smallest absolute Gasteiger partial charge is 0.260 e. The van der Waals surface area contributed by atoms with Crippen LogP contribution in [0.1, 0.15) is 25.0 Å². The molecule has 7 aromatic carbocycles. The van der Waals surface area contributed by atoms with Crippen molar-refractivity contribution in [1.82, 2.24) is 0 Å². The maximum absolute atomic E-state index is 6.96. The summed E-state index contributed by atoms with van der Waals surface area (Å²) in [6.45, 7) is 4.67. The highest BCUT2D eigenvalue weighted by Gasteiger charge is 2.47. The van der Waals surface area contributed by atoms with E-state index < -0.39 is 0 Å². The van der Waals surface area contributed by atoms with E-state index in [-0.39, 0.29) is 12.1 Å². The largest absolute Gasteiger partial charge is 0.458 e. The Morgan fingerprint density at radius 1 is 0.532 bits per heavy atom. The molecular formula is C43H30BNO2. The molecule has 0 saturated carbocycles. The number of para-hydroxylation sites is 3. The molecule has 2 heterocycles. The summed E-state index contributed by atoms with van der Waals surface area (Å²) in [6, 6.07) is 51.9. The van der Waals surface area contributed by atoms with Crippen molar-refractivity contribution >= 4 is 50.9 Å². The van der Waals surface area contributed by atoms with E-state index in [0.717, 1.165) is 50.9 Å². The van der Waals surface area contributed by atoms with Crippen molar-refractivity contribution in [1.29, 1.82) is 0 Å². The molecule has 0 bridgehead atoms. The van der Waals surface area contributed by atoms with E-state index in [4.69, 9.17) is 9.47 Å². The fourth-order valence-corrected chi connectivity index (χ4v) is 8.14. The molecule has 3 nitrogen and oxygen atoms in total. The van der Waals surface area contributed by atoms with Gasteiger partial charge in [-0.25, -0.2) is 0 Å². The third-order valence-electron chi connectivity index (χ3n) is 10.4. The van der Waals surface area contributed by atoms with Gasteiger partial charge in [-0.1, -0.05) is 111 Å². The van der Waals surface area contributed by atoms with Gasteiger partial charge in [-0.3, -0.25) is 0 Å². The lowest BCUT2D eigenvalue weighted by Crippen LogP contribution is -2.57. The van der Waals surface area contributed by atoms with Crippen molar-refractivity contribution in [3.8, 4) is 34.1 Å². The van der Waals surface area contributed by atoms with Crippen LogP contribution in [0.2, 0.25) is 0 Å².